The van der Waals surface area contributed by atoms with Crippen molar-refractivity contribution in [2.75, 3.05) is 0 Å². The molecule has 1 heterocycles. The fourth-order valence-electron chi connectivity index (χ4n) is 2.24. The Hall–Kier alpha value is -2.07. The van der Waals surface area contributed by atoms with E-state index in [1.165, 1.54) is 17.3 Å². The van der Waals surface area contributed by atoms with Crippen molar-refractivity contribution in [3.8, 4) is 0 Å². The van der Waals surface area contributed by atoms with Crippen LogP contribution in [0.25, 0.3) is 11.1 Å². The van der Waals surface area contributed by atoms with Crippen molar-refractivity contribution in [2.45, 2.75) is 31.2 Å². The Morgan fingerprint density at radius 3 is 2.64 bits per heavy atom. The standard InChI is InChI=1S/C18H17NO2S/c1-11-8-9-14(10-12(11)2)17(20)13(3)22-18-19-15-6-4-5-7-16(15)21-18/h4-10,13H,1-3H3/t13-/m0/s1. The number of ketones is 1. The van der Waals surface area contributed by atoms with Crippen molar-refractivity contribution in [3.63, 3.8) is 0 Å². The van der Waals surface area contributed by atoms with Gasteiger partial charge in [0.05, 0.1) is 5.25 Å². The van der Waals surface area contributed by atoms with E-state index in [0.717, 1.165) is 22.2 Å². The van der Waals surface area contributed by atoms with Crippen LogP contribution >= 0.6 is 11.8 Å². The van der Waals surface area contributed by atoms with Crippen molar-refractivity contribution in [1.29, 1.82) is 0 Å². The van der Waals surface area contributed by atoms with Crippen LogP contribution in [0.3, 0.4) is 0 Å². The second-order valence-corrected chi connectivity index (χ2v) is 6.66. The highest BCUT2D eigenvalue weighted by molar-refractivity contribution is 8.00. The summed E-state index contributed by atoms with van der Waals surface area (Å²) < 4.78 is 5.67. The molecule has 0 bridgehead atoms. The van der Waals surface area contributed by atoms with Crippen molar-refractivity contribution in [3.05, 3.63) is 59.2 Å². The molecule has 22 heavy (non-hydrogen) atoms. The number of carbonyl (C=O) groups is 1. The van der Waals surface area contributed by atoms with Crippen LogP contribution in [0, 0.1) is 13.8 Å². The number of para-hydroxylation sites is 2. The molecular weight excluding hydrogens is 294 g/mol. The summed E-state index contributed by atoms with van der Waals surface area (Å²) in [6, 6.07) is 13.4. The van der Waals surface area contributed by atoms with Gasteiger partial charge in [-0.1, -0.05) is 36.0 Å². The minimum absolute atomic E-state index is 0.0929. The first-order valence-electron chi connectivity index (χ1n) is 7.18. The quantitative estimate of drug-likeness (QED) is 0.512. The number of fused-ring (bicyclic) bond motifs is 1. The van der Waals surface area contributed by atoms with E-state index in [2.05, 4.69) is 4.98 Å². The molecule has 4 heteroatoms. The number of thioether (sulfide) groups is 1. The molecule has 3 nitrogen and oxygen atoms in total. The highest BCUT2D eigenvalue weighted by Crippen LogP contribution is 2.28. The molecule has 2 aromatic carbocycles. The summed E-state index contributed by atoms with van der Waals surface area (Å²) in [5.41, 5.74) is 4.62. The van der Waals surface area contributed by atoms with Gasteiger partial charge in [-0.15, -0.1) is 0 Å². The maximum Gasteiger partial charge on any atom is 0.257 e. The second-order valence-electron chi connectivity index (χ2n) is 5.37. The van der Waals surface area contributed by atoms with E-state index in [0.29, 0.717) is 5.22 Å². The molecule has 0 aliphatic heterocycles. The normalized spacial score (nSPS) is 12.5. The highest BCUT2D eigenvalue weighted by Gasteiger charge is 2.19. The number of Topliss-reactive ketones (excluding diaryl/α,β-unsaturated/α-hetero) is 1. The van der Waals surface area contributed by atoms with Crippen molar-refractivity contribution >= 4 is 28.6 Å². The van der Waals surface area contributed by atoms with Gasteiger partial charge in [0.15, 0.2) is 11.4 Å². The largest absolute Gasteiger partial charge is 0.431 e. The van der Waals surface area contributed by atoms with Crippen LogP contribution in [0.5, 0.6) is 0 Å². The fourth-order valence-corrected chi connectivity index (χ4v) is 3.07. The van der Waals surface area contributed by atoms with Crippen molar-refractivity contribution in [2.24, 2.45) is 0 Å². The molecule has 0 aliphatic rings. The molecule has 0 saturated carbocycles. The van der Waals surface area contributed by atoms with Crippen LogP contribution in [-0.2, 0) is 0 Å². The van der Waals surface area contributed by atoms with E-state index in [4.69, 9.17) is 4.42 Å². The zero-order valence-corrected chi connectivity index (χ0v) is 13.6. The van der Waals surface area contributed by atoms with Gasteiger partial charge in [-0.05, 0) is 50.1 Å². The van der Waals surface area contributed by atoms with E-state index in [1.54, 1.807) is 0 Å². The van der Waals surface area contributed by atoms with Gasteiger partial charge in [0.25, 0.3) is 5.22 Å². The number of oxazole rings is 1. The topological polar surface area (TPSA) is 43.1 Å². The lowest BCUT2D eigenvalue weighted by molar-refractivity contribution is 0.0993. The Morgan fingerprint density at radius 1 is 1.14 bits per heavy atom. The summed E-state index contributed by atoms with van der Waals surface area (Å²) in [7, 11) is 0. The van der Waals surface area contributed by atoms with Gasteiger partial charge in [0.2, 0.25) is 0 Å². The van der Waals surface area contributed by atoms with Gasteiger partial charge in [-0.3, -0.25) is 4.79 Å². The van der Waals surface area contributed by atoms with E-state index in [1.807, 2.05) is 63.2 Å². The van der Waals surface area contributed by atoms with Crippen LogP contribution < -0.4 is 0 Å². The van der Waals surface area contributed by atoms with Gasteiger partial charge in [0.1, 0.15) is 5.52 Å². The first kappa shape index (κ1) is 14.9. The van der Waals surface area contributed by atoms with Gasteiger partial charge in [0, 0.05) is 5.56 Å². The van der Waals surface area contributed by atoms with E-state index >= 15 is 0 Å². The number of benzene rings is 2. The van der Waals surface area contributed by atoms with Crippen molar-refractivity contribution < 1.29 is 9.21 Å². The average molecular weight is 311 g/mol. The van der Waals surface area contributed by atoms with E-state index in [-0.39, 0.29) is 11.0 Å². The molecule has 1 aromatic heterocycles. The average Bonchev–Trinajstić information content (AvgIpc) is 2.91. The Bertz CT molecular complexity index is 805. The van der Waals surface area contributed by atoms with Crippen LogP contribution in [0.2, 0.25) is 0 Å². The van der Waals surface area contributed by atoms with E-state index in [9.17, 15) is 4.79 Å². The molecule has 0 N–H and O–H groups in total. The molecule has 3 aromatic rings. The molecule has 0 fully saturated rings. The van der Waals surface area contributed by atoms with Gasteiger partial charge in [-0.2, -0.15) is 0 Å². The fraction of sp³-hybridized carbons (Fsp3) is 0.222. The maximum atomic E-state index is 12.5. The number of aryl methyl sites for hydroxylation is 2. The number of rotatable bonds is 4. The summed E-state index contributed by atoms with van der Waals surface area (Å²) in [4.78, 5) is 16.9. The lowest BCUT2D eigenvalue weighted by atomic mass is 10.0. The lowest BCUT2D eigenvalue weighted by Crippen LogP contribution is -2.13. The summed E-state index contributed by atoms with van der Waals surface area (Å²) >= 11 is 1.35. The molecule has 112 valence electrons. The molecule has 1 atom stereocenters. The zero-order valence-electron chi connectivity index (χ0n) is 12.8. The monoisotopic (exact) mass is 311 g/mol. The maximum absolute atomic E-state index is 12.5. The molecule has 0 saturated heterocycles. The second kappa shape index (κ2) is 5.97. The highest BCUT2D eigenvalue weighted by atomic mass is 32.2. The lowest BCUT2D eigenvalue weighted by Gasteiger charge is -2.09. The Labute approximate surface area is 133 Å². The molecule has 3 rings (SSSR count). The summed E-state index contributed by atoms with van der Waals surface area (Å²) in [6.07, 6.45) is 0. The van der Waals surface area contributed by atoms with Crippen molar-refractivity contribution in [1.82, 2.24) is 4.98 Å². The number of hydrogen-bond donors (Lipinski definition) is 0. The number of aromatic nitrogens is 1. The van der Waals surface area contributed by atoms with Gasteiger partial charge in [-0.25, -0.2) is 4.98 Å². The van der Waals surface area contributed by atoms with Gasteiger partial charge < -0.3 is 4.42 Å². The summed E-state index contributed by atoms with van der Waals surface area (Å²) in [5.74, 6) is 0.0929. The van der Waals surface area contributed by atoms with Crippen LogP contribution in [-0.4, -0.2) is 16.0 Å². The van der Waals surface area contributed by atoms with Gasteiger partial charge >= 0.3 is 0 Å². The Balaban J connectivity index is 1.79. The third-order valence-corrected chi connectivity index (χ3v) is 4.66. The predicted molar refractivity (Wildman–Crippen MR) is 89.6 cm³/mol. The van der Waals surface area contributed by atoms with Crippen LogP contribution in [0.1, 0.15) is 28.4 Å². The molecule has 0 aliphatic carbocycles. The molecular formula is C18H17NO2S. The molecule has 0 unspecified atom stereocenters. The molecule has 0 radical (unpaired) electrons. The van der Waals surface area contributed by atoms with E-state index < -0.39 is 0 Å². The smallest absolute Gasteiger partial charge is 0.257 e. The minimum Gasteiger partial charge on any atom is -0.431 e. The summed E-state index contributed by atoms with van der Waals surface area (Å²) in [6.45, 7) is 5.95. The van der Waals surface area contributed by atoms with Crippen LogP contribution in [0.4, 0.5) is 0 Å². The number of carbonyl (C=O) groups excluding carboxylic acids is 1. The number of hydrogen-bond acceptors (Lipinski definition) is 4. The Kier molecular flexibility index (Phi) is 4.03. The predicted octanol–water partition coefficient (Wildman–Crippen LogP) is 4.81. The molecule has 0 spiro atoms. The number of nitrogens with zero attached hydrogens (tertiary/aromatic N) is 1. The summed E-state index contributed by atoms with van der Waals surface area (Å²) in [5, 5.41) is 0.293. The first-order valence-corrected chi connectivity index (χ1v) is 8.06. The first-order chi connectivity index (χ1) is 10.5. The SMILES string of the molecule is Cc1ccc(C(=O)[C@H](C)Sc2nc3ccccc3o2)cc1C. The third-order valence-electron chi connectivity index (χ3n) is 3.71. The minimum atomic E-state index is -0.241. The van der Waals surface area contributed by atoms with Crippen LogP contribution in [0.15, 0.2) is 52.1 Å². The zero-order chi connectivity index (χ0) is 15.7. The molecule has 0 amide bonds. The third kappa shape index (κ3) is 2.92. The Morgan fingerprint density at radius 2 is 1.91 bits per heavy atom.